The molecule has 3 heterocycles. The molecular weight excluding hydrogens is 456 g/mol. The van der Waals surface area contributed by atoms with Crippen LogP contribution in [0.1, 0.15) is 18.2 Å². The van der Waals surface area contributed by atoms with Gasteiger partial charge < -0.3 is 20.5 Å². The number of anilines is 1. The number of imidazole rings is 1. The first-order valence-electron chi connectivity index (χ1n) is 10.9. The summed E-state index contributed by atoms with van der Waals surface area (Å²) >= 11 is 6.21. The van der Waals surface area contributed by atoms with Gasteiger partial charge in [-0.3, -0.25) is 9.36 Å². The number of likely N-dealkylation sites (N-methyl/N-ethyl adjacent to an activating group) is 1. The van der Waals surface area contributed by atoms with E-state index in [2.05, 4.69) is 15.6 Å². The van der Waals surface area contributed by atoms with Crippen LogP contribution in [0.3, 0.4) is 0 Å². The van der Waals surface area contributed by atoms with Gasteiger partial charge in [-0.1, -0.05) is 54.1 Å². The molecule has 2 aromatic heterocycles. The molecule has 174 valence electrons. The molecule has 0 aliphatic carbocycles. The molecule has 1 aliphatic rings. The van der Waals surface area contributed by atoms with Gasteiger partial charge in [0.1, 0.15) is 6.23 Å². The van der Waals surface area contributed by atoms with Crippen molar-refractivity contribution in [1.82, 2.24) is 24.8 Å². The van der Waals surface area contributed by atoms with Crippen LogP contribution in [-0.2, 0) is 16.1 Å². The van der Waals surface area contributed by atoms with Crippen molar-refractivity contribution >= 4 is 34.5 Å². The van der Waals surface area contributed by atoms with Crippen molar-refractivity contribution in [2.45, 2.75) is 31.4 Å². The number of hydrogen-bond acceptors (Lipinski definition) is 7. The lowest BCUT2D eigenvalue weighted by molar-refractivity contribution is -0.137. The number of carbonyl (C=O) groups excluding carboxylic acids is 1. The van der Waals surface area contributed by atoms with E-state index in [1.165, 1.54) is 7.05 Å². The van der Waals surface area contributed by atoms with Gasteiger partial charge in [-0.05, 0) is 17.7 Å². The van der Waals surface area contributed by atoms with E-state index in [1.54, 1.807) is 23.0 Å². The number of aromatic nitrogens is 4. The summed E-state index contributed by atoms with van der Waals surface area (Å²) in [6.45, 7) is 0.548. The SMILES string of the molecule is CNC(=O)[C@H]1O[C@@H](n2cnc3c(NCc4ccccc4)nc(-c4cccc(Cl)c4)nc32)C[C@@H]1O. The molecule has 2 aromatic carbocycles. The van der Waals surface area contributed by atoms with Gasteiger partial charge >= 0.3 is 0 Å². The fraction of sp³-hybridized carbons (Fsp3) is 0.250. The minimum Gasteiger partial charge on any atom is -0.390 e. The molecule has 1 fully saturated rings. The lowest BCUT2D eigenvalue weighted by Crippen LogP contribution is -2.38. The van der Waals surface area contributed by atoms with Gasteiger partial charge in [-0.15, -0.1) is 0 Å². The molecule has 9 nitrogen and oxygen atoms in total. The van der Waals surface area contributed by atoms with Crippen LogP contribution in [0.5, 0.6) is 0 Å². The second-order valence-corrected chi connectivity index (χ2v) is 8.43. The van der Waals surface area contributed by atoms with Crippen molar-refractivity contribution in [3.63, 3.8) is 0 Å². The zero-order valence-electron chi connectivity index (χ0n) is 18.4. The third-order valence-electron chi connectivity index (χ3n) is 5.72. The number of nitrogens with one attached hydrogen (secondary N) is 2. The molecule has 4 aromatic rings. The summed E-state index contributed by atoms with van der Waals surface area (Å²) in [6.07, 6.45) is -0.679. The van der Waals surface area contributed by atoms with E-state index >= 15 is 0 Å². The van der Waals surface area contributed by atoms with Crippen LogP contribution in [0, 0.1) is 0 Å². The minimum absolute atomic E-state index is 0.229. The predicted octanol–water partition coefficient (Wildman–Crippen LogP) is 3.15. The number of aliphatic hydroxyl groups is 1. The van der Waals surface area contributed by atoms with Gasteiger partial charge in [0.05, 0.1) is 12.4 Å². The second kappa shape index (κ2) is 9.38. The van der Waals surface area contributed by atoms with Crippen LogP contribution >= 0.6 is 11.6 Å². The number of fused-ring (bicyclic) bond motifs is 1. The highest BCUT2D eigenvalue weighted by molar-refractivity contribution is 6.30. The van der Waals surface area contributed by atoms with Crippen LogP contribution in [0.4, 0.5) is 5.82 Å². The molecule has 0 spiro atoms. The first-order valence-corrected chi connectivity index (χ1v) is 11.2. The van der Waals surface area contributed by atoms with Crippen LogP contribution in [0.15, 0.2) is 60.9 Å². The Labute approximate surface area is 200 Å². The summed E-state index contributed by atoms with van der Waals surface area (Å²) in [4.78, 5) is 26.1. The Bertz CT molecular complexity index is 1330. The van der Waals surface area contributed by atoms with E-state index in [-0.39, 0.29) is 12.3 Å². The summed E-state index contributed by atoms with van der Waals surface area (Å²) in [7, 11) is 1.51. The molecule has 0 unspecified atom stereocenters. The molecular formula is C24H23ClN6O3. The Kier molecular flexibility index (Phi) is 6.14. The van der Waals surface area contributed by atoms with E-state index in [0.29, 0.717) is 34.4 Å². The third kappa shape index (κ3) is 4.33. The average molecular weight is 479 g/mol. The number of aliphatic hydroxyl groups excluding tert-OH is 1. The molecule has 1 amide bonds. The molecule has 3 atom stereocenters. The van der Waals surface area contributed by atoms with Crippen LogP contribution in [-0.4, -0.2) is 49.8 Å². The van der Waals surface area contributed by atoms with E-state index in [9.17, 15) is 9.90 Å². The van der Waals surface area contributed by atoms with E-state index in [1.807, 2.05) is 42.5 Å². The molecule has 1 saturated heterocycles. The maximum absolute atomic E-state index is 12.1. The maximum atomic E-state index is 12.1. The summed E-state index contributed by atoms with van der Waals surface area (Å²) in [5.74, 6) is 0.650. The summed E-state index contributed by atoms with van der Waals surface area (Å²) in [5, 5.41) is 16.8. The van der Waals surface area contributed by atoms with Gasteiger partial charge in [0.2, 0.25) is 0 Å². The van der Waals surface area contributed by atoms with Crippen molar-refractivity contribution in [2.75, 3.05) is 12.4 Å². The first kappa shape index (κ1) is 22.3. The van der Waals surface area contributed by atoms with Gasteiger partial charge in [0.25, 0.3) is 5.91 Å². The van der Waals surface area contributed by atoms with E-state index in [4.69, 9.17) is 26.3 Å². The summed E-state index contributed by atoms with van der Waals surface area (Å²) < 4.78 is 7.60. The van der Waals surface area contributed by atoms with Crippen molar-refractivity contribution in [2.24, 2.45) is 0 Å². The minimum atomic E-state index is -0.961. The lowest BCUT2D eigenvalue weighted by Gasteiger charge is -2.15. The average Bonchev–Trinajstić information content (AvgIpc) is 3.46. The maximum Gasteiger partial charge on any atom is 0.251 e. The molecule has 3 N–H and O–H groups in total. The van der Waals surface area contributed by atoms with Crippen LogP contribution in [0.25, 0.3) is 22.6 Å². The van der Waals surface area contributed by atoms with E-state index < -0.39 is 18.4 Å². The number of nitrogens with zero attached hydrogens (tertiary/aromatic N) is 4. The van der Waals surface area contributed by atoms with Crippen molar-refractivity contribution < 1.29 is 14.6 Å². The highest BCUT2D eigenvalue weighted by atomic mass is 35.5. The second-order valence-electron chi connectivity index (χ2n) is 8.00. The number of hydrogen-bond donors (Lipinski definition) is 3. The Balaban J connectivity index is 1.56. The van der Waals surface area contributed by atoms with E-state index in [0.717, 1.165) is 11.1 Å². The molecule has 34 heavy (non-hydrogen) atoms. The first-order chi connectivity index (χ1) is 16.5. The van der Waals surface area contributed by atoms with Gasteiger partial charge in [0, 0.05) is 30.6 Å². The van der Waals surface area contributed by atoms with Gasteiger partial charge in [-0.2, -0.15) is 0 Å². The zero-order valence-corrected chi connectivity index (χ0v) is 19.1. The Morgan fingerprint density at radius 3 is 2.79 bits per heavy atom. The quantitative estimate of drug-likeness (QED) is 0.390. The number of carbonyl (C=O) groups is 1. The van der Waals surface area contributed by atoms with Crippen LogP contribution in [0.2, 0.25) is 5.02 Å². The Morgan fingerprint density at radius 2 is 2.03 bits per heavy atom. The number of ether oxygens (including phenoxy) is 1. The standard InChI is InChI=1S/C24H23ClN6O3/c1-26-24(33)20-17(32)11-18(34-20)31-13-28-19-22(27-12-14-6-3-2-4-7-14)29-21(30-23(19)31)15-8-5-9-16(25)10-15/h2-10,13,17-18,20,32H,11-12H2,1H3,(H,26,33)(H,27,29,30)/t17-,18+,20-/m0/s1. The Hall–Kier alpha value is -3.53. The number of rotatable bonds is 6. The third-order valence-corrected chi connectivity index (χ3v) is 5.95. The normalized spacial score (nSPS) is 19.9. The van der Waals surface area contributed by atoms with Gasteiger partial charge in [0.15, 0.2) is 28.9 Å². The smallest absolute Gasteiger partial charge is 0.251 e. The highest BCUT2D eigenvalue weighted by Crippen LogP contribution is 2.33. The number of benzene rings is 2. The fourth-order valence-corrected chi connectivity index (χ4v) is 4.18. The zero-order chi connectivity index (χ0) is 23.7. The summed E-state index contributed by atoms with van der Waals surface area (Å²) in [6, 6.07) is 17.3. The highest BCUT2D eigenvalue weighted by Gasteiger charge is 2.40. The number of amides is 1. The fourth-order valence-electron chi connectivity index (χ4n) is 3.99. The number of halogens is 1. The molecule has 5 rings (SSSR count). The van der Waals surface area contributed by atoms with Gasteiger partial charge in [-0.25, -0.2) is 15.0 Å². The molecule has 0 bridgehead atoms. The lowest BCUT2D eigenvalue weighted by atomic mass is 10.1. The summed E-state index contributed by atoms with van der Waals surface area (Å²) in [5.41, 5.74) is 2.92. The molecule has 0 saturated carbocycles. The monoisotopic (exact) mass is 478 g/mol. The molecule has 10 heteroatoms. The molecule has 1 aliphatic heterocycles. The van der Waals surface area contributed by atoms with Crippen molar-refractivity contribution in [1.29, 1.82) is 0 Å². The van der Waals surface area contributed by atoms with Crippen LogP contribution < -0.4 is 10.6 Å². The topological polar surface area (TPSA) is 114 Å². The largest absolute Gasteiger partial charge is 0.390 e. The predicted molar refractivity (Wildman–Crippen MR) is 128 cm³/mol. The van der Waals surface area contributed by atoms with Crippen molar-refractivity contribution in [3.05, 3.63) is 71.5 Å². The molecule has 0 radical (unpaired) electrons. The Morgan fingerprint density at radius 1 is 1.21 bits per heavy atom. The van der Waals surface area contributed by atoms with Crippen molar-refractivity contribution in [3.8, 4) is 11.4 Å².